The largest absolute Gasteiger partial charge is 0.481 e. The van der Waals surface area contributed by atoms with Crippen molar-refractivity contribution >= 4 is 5.97 Å². The quantitative estimate of drug-likeness (QED) is 0.827. The minimum absolute atomic E-state index is 0.189. The topological polar surface area (TPSA) is 72.5 Å². The van der Waals surface area contributed by atoms with Gasteiger partial charge in [-0.1, -0.05) is 6.07 Å². The smallest absolute Gasteiger partial charge is 0.308 e. The lowest BCUT2D eigenvalue weighted by atomic mass is 9.71. The number of aromatic amines is 1. The predicted octanol–water partition coefficient (Wildman–Crippen LogP) is 2.66. The number of piperidine rings is 1. The van der Waals surface area contributed by atoms with Crippen molar-refractivity contribution < 1.29 is 14.3 Å². The summed E-state index contributed by atoms with van der Waals surface area (Å²) in [6, 6.07) is 4.92. The van der Waals surface area contributed by atoms with Crippen LogP contribution in [0.4, 0.5) is 4.39 Å². The molecule has 1 spiro atoms. The summed E-state index contributed by atoms with van der Waals surface area (Å²) in [6.07, 6.45) is 5.23. The molecule has 150 valence electrons. The highest BCUT2D eigenvalue weighted by Gasteiger charge is 2.51. The average Bonchev–Trinajstić information content (AvgIpc) is 3.29. The fourth-order valence-electron chi connectivity index (χ4n) is 4.84. The Kier molecular flexibility index (Phi) is 5.21. The van der Waals surface area contributed by atoms with E-state index in [0.717, 1.165) is 49.4 Å². The maximum absolute atomic E-state index is 13.6. The van der Waals surface area contributed by atoms with E-state index in [1.165, 1.54) is 6.07 Å². The number of halogens is 1. The second-order valence-electron chi connectivity index (χ2n) is 8.31. The highest BCUT2D eigenvalue weighted by Crippen LogP contribution is 2.45. The van der Waals surface area contributed by atoms with E-state index in [1.54, 1.807) is 18.5 Å². The van der Waals surface area contributed by atoms with Crippen molar-refractivity contribution in [3.8, 4) is 0 Å². The van der Waals surface area contributed by atoms with Crippen LogP contribution in [0.1, 0.15) is 29.8 Å². The molecule has 1 unspecified atom stereocenters. The Balaban J connectivity index is 1.42. The van der Waals surface area contributed by atoms with Crippen molar-refractivity contribution in [3.05, 3.63) is 53.4 Å². The summed E-state index contributed by atoms with van der Waals surface area (Å²) in [6.45, 7) is 6.42. The minimum atomic E-state index is -0.698. The number of H-pyrrole nitrogens is 1. The molecule has 4 rings (SSSR count). The van der Waals surface area contributed by atoms with E-state index < -0.39 is 5.97 Å². The number of nitrogens with zero attached hydrogens (tertiary/aromatic N) is 3. The van der Waals surface area contributed by atoms with Crippen molar-refractivity contribution in [1.29, 1.82) is 0 Å². The lowest BCUT2D eigenvalue weighted by Crippen LogP contribution is -2.45. The Bertz CT molecular complexity index is 831. The molecule has 2 aliphatic heterocycles. The molecular formula is C21H27FN4O2. The zero-order valence-electron chi connectivity index (χ0n) is 16.2. The van der Waals surface area contributed by atoms with E-state index in [-0.39, 0.29) is 17.2 Å². The standard InChI is InChI=1S/C21H27FN4O2/c1-15-2-3-17(22)10-16(15)11-25-8-4-21(5-9-25)14-26(12-18(21)20(27)28)13-19-23-6-7-24-19/h2-3,6-7,10,18H,4-5,8-9,11-14H2,1H3,(H,23,24)(H,27,28). The molecule has 7 heteroatoms. The van der Waals surface area contributed by atoms with E-state index in [4.69, 9.17) is 0 Å². The van der Waals surface area contributed by atoms with Crippen LogP contribution < -0.4 is 0 Å². The van der Waals surface area contributed by atoms with Gasteiger partial charge in [0.2, 0.25) is 0 Å². The summed E-state index contributed by atoms with van der Waals surface area (Å²) in [5.41, 5.74) is 1.92. The van der Waals surface area contributed by atoms with Crippen molar-refractivity contribution in [2.24, 2.45) is 11.3 Å². The van der Waals surface area contributed by atoms with Crippen molar-refractivity contribution in [3.63, 3.8) is 0 Å². The number of aromatic nitrogens is 2. The van der Waals surface area contributed by atoms with Gasteiger partial charge in [-0.3, -0.25) is 14.6 Å². The first-order valence-corrected chi connectivity index (χ1v) is 9.86. The molecule has 2 aliphatic rings. The van der Waals surface area contributed by atoms with Gasteiger partial charge < -0.3 is 10.1 Å². The van der Waals surface area contributed by atoms with Crippen molar-refractivity contribution in [2.75, 3.05) is 26.2 Å². The van der Waals surface area contributed by atoms with Crippen LogP contribution in [0.5, 0.6) is 0 Å². The third-order valence-electron chi connectivity index (χ3n) is 6.50. The van der Waals surface area contributed by atoms with Crippen LogP contribution in [-0.2, 0) is 17.9 Å². The Hall–Kier alpha value is -2.25. The SMILES string of the molecule is Cc1ccc(F)cc1CN1CCC2(CC1)CN(Cc1ncc[nH]1)CC2C(=O)O. The molecule has 28 heavy (non-hydrogen) atoms. The van der Waals surface area contributed by atoms with Crippen LogP contribution in [0.2, 0.25) is 0 Å². The lowest BCUT2D eigenvalue weighted by Gasteiger charge is -2.41. The molecule has 1 aromatic carbocycles. The summed E-state index contributed by atoms with van der Waals surface area (Å²) >= 11 is 0. The van der Waals surface area contributed by atoms with Crippen LogP contribution in [0.3, 0.4) is 0 Å². The number of aliphatic carboxylic acids is 1. The van der Waals surface area contributed by atoms with E-state index in [2.05, 4.69) is 19.8 Å². The number of rotatable bonds is 5. The number of likely N-dealkylation sites (tertiary alicyclic amines) is 2. The third kappa shape index (κ3) is 3.82. The van der Waals surface area contributed by atoms with Gasteiger partial charge in [0.05, 0.1) is 12.5 Å². The summed E-state index contributed by atoms with van der Waals surface area (Å²) in [4.78, 5) is 23.9. The fourth-order valence-corrected chi connectivity index (χ4v) is 4.84. The van der Waals surface area contributed by atoms with Crippen LogP contribution in [-0.4, -0.2) is 57.0 Å². The molecule has 6 nitrogen and oxygen atoms in total. The Morgan fingerprint density at radius 2 is 2.11 bits per heavy atom. The summed E-state index contributed by atoms with van der Waals surface area (Å²) in [7, 11) is 0. The molecule has 0 saturated carbocycles. The average molecular weight is 386 g/mol. The number of carboxylic acids is 1. The van der Waals surface area contributed by atoms with Gasteiger partial charge >= 0.3 is 5.97 Å². The van der Waals surface area contributed by atoms with E-state index in [1.807, 2.05) is 13.0 Å². The highest BCUT2D eigenvalue weighted by atomic mass is 19.1. The maximum Gasteiger partial charge on any atom is 0.308 e. The third-order valence-corrected chi connectivity index (χ3v) is 6.50. The molecule has 0 amide bonds. The van der Waals surface area contributed by atoms with E-state index in [0.29, 0.717) is 19.6 Å². The second kappa shape index (κ2) is 7.64. The molecule has 2 aromatic rings. The van der Waals surface area contributed by atoms with Crippen molar-refractivity contribution in [1.82, 2.24) is 19.8 Å². The molecular weight excluding hydrogens is 359 g/mol. The Labute approximate surface area is 164 Å². The van der Waals surface area contributed by atoms with Gasteiger partial charge in [0.25, 0.3) is 0 Å². The first-order valence-electron chi connectivity index (χ1n) is 9.86. The Morgan fingerprint density at radius 1 is 1.32 bits per heavy atom. The molecule has 1 aromatic heterocycles. The molecule has 2 fully saturated rings. The van der Waals surface area contributed by atoms with Crippen molar-refractivity contribution in [2.45, 2.75) is 32.9 Å². The van der Waals surface area contributed by atoms with Gasteiger partial charge in [0.15, 0.2) is 0 Å². The molecule has 2 saturated heterocycles. The molecule has 0 radical (unpaired) electrons. The number of benzene rings is 1. The molecule has 0 aliphatic carbocycles. The number of carbonyl (C=O) groups is 1. The van der Waals surface area contributed by atoms with Crippen LogP contribution in [0, 0.1) is 24.1 Å². The molecule has 3 heterocycles. The number of hydrogen-bond acceptors (Lipinski definition) is 4. The van der Waals surface area contributed by atoms with E-state index in [9.17, 15) is 14.3 Å². The van der Waals surface area contributed by atoms with Gasteiger partial charge in [-0.2, -0.15) is 0 Å². The number of hydrogen-bond donors (Lipinski definition) is 2. The van der Waals surface area contributed by atoms with Gasteiger partial charge in [-0.05, 0) is 56.1 Å². The van der Waals surface area contributed by atoms with Crippen LogP contribution in [0.25, 0.3) is 0 Å². The molecule has 1 atom stereocenters. The van der Waals surface area contributed by atoms with Crippen LogP contribution >= 0.6 is 0 Å². The number of imidazole rings is 1. The maximum atomic E-state index is 13.6. The molecule has 0 bridgehead atoms. The van der Waals surface area contributed by atoms with Gasteiger partial charge in [-0.15, -0.1) is 0 Å². The van der Waals surface area contributed by atoms with Gasteiger partial charge in [0, 0.05) is 37.4 Å². The normalized spacial score (nSPS) is 22.7. The zero-order valence-corrected chi connectivity index (χ0v) is 16.2. The Morgan fingerprint density at radius 3 is 2.79 bits per heavy atom. The monoisotopic (exact) mass is 386 g/mol. The summed E-state index contributed by atoms with van der Waals surface area (Å²) < 4.78 is 13.6. The highest BCUT2D eigenvalue weighted by molar-refractivity contribution is 5.72. The van der Waals surface area contributed by atoms with Crippen LogP contribution in [0.15, 0.2) is 30.6 Å². The fraction of sp³-hybridized carbons (Fsp3) is 0.524. The zero-order chi connectivity index (χ0) is 19.7. The van der Waals surface area contributed by atoms with Gasteiger partial charge in [0.1, 0.15) is 11.6 Å². The lowest BCUT2D eigenvalue weighted by molar-refractivity contribution is -0.146. The number of nitrogens with one attached hydrogen (secondary N) is 1. The summed E-state index contributed by atoms with van der Waals surface area (Å²) in [5.74, 6) is -0.374. The second-order valence-corrected chi connectivity index (χ2v) is 8.31. The first kappa shape index (κ1) is 19.1. The van der Waals surface area contributed by atoms with Gasteiger partial charge in [-0.25, -0.2) is 9.37 Å². The minimum Gasteiger partial charge on any atom is -0.481 e. The summed E-state index contributed by atoms with van der Waals surface area (Å²) in [5, 5.41) is 9.84. The first-order chi connectivity index (χ1) is 13.4. The molecule has 2 N–H and O–H groups in total. The van der Waals surface area contributed by atoms with E-state index >= 15 is 0 Å². The number of aryl methyl sites for hydroxylation is 1. The predicted molar refractivity (Wildman–Crippen MR) is 103 cm³/mol. The number of carboxylic acid groups (broad SMARTS) is 1.